The van der Waals surface area contributed by atoms with Gasteiger partial charge < -0.3 is 5.32 Å². The van der Waals surface area contributed by atoms with Gasteiger partial charge in [-0.3, -0.25) is 0 Å². The minimum atomic E-state index is 0.451. The highest BCUT2D eigenvalue weighted by Gasteiger charge is 2.53. The Balaban J connectivity index is 2.22. The van der Waals surface area contributed by atoms with Gasteiger partial charge >= 0.3 is 0 Å². The van der Waals surface area contributed by atoms with E-state index in [4.69, 9.17) is 0 Å². The Hall–Kier alpha value is -0.410. The van der Waals surface area contributed by atoms with E-state index in [1.54, 1.807) is 0 Å². The number of thiazole rings is 1. The summed E-state index contributed by atoms with van der Waals surface area (Å²) in [6, 6.07) is 0.682. The minimum absolute atomic E-state index is 0.451. The molecule has 0 aromatic carbocycles. The molecule has 1 saturated carbocycles. The molecule has 2 nitrogen and oxygen atoms in total. The van der Waals surface area contributed by atoms with Crippen LogP contribution in [0.3, 0.4) is 0 Å². The van der Waals surface area contributed by atoms with Crippen LogP contribution in [0.25, 0.3) is 0 Å². The van der Waals surface area contributed by atoms with E-state index in [1.807, 2.05) is 17.5 Å². The molecular formula is C12H20N2S. The smallest absolute Gasteiger partial charge is 0.0962 e. The Morgan fingerprint density at radius 1 is 1.53 bits per heavy atom. The molecule has 1 aromatic heterocycles. The molecule has 0 saturated heterocycles. The molecule has 2 rings (SSSR count). The number of rotatable bonds is 4. The van der Waals surface area contributed by atoms with E-state index >= 15 is 0 Å². The molecule has 0 spiro atoms. The first kappa shape index (κ1) is 11.1. The average Bonchev–Trinajstić information content (AvgIpc) is 2.72. The predicted octanol–water partition coefficient (Wildman–Crippen LogP) is 3.02. The van der Waals surface area contributed by atoms with E-state index in [0.29, 0.717) is 17.4 Å². The SMILES string of the molecule is CCC1(CC)C(NC)CC1c1nccs1. The highest BCUT2D eigenvalue weighted by Crippen LogP contribution is 2.57. The Morgan fingerprint density at radius 2 is 2.27 bits per heavy atom. The molecule has 2 atom stereocenters. The van der Waals surface area contributed by atoms with E-state index in [-0.39, 0.29) is 0 Å². The number of aromatic nitrogens is 1. The summed E-state index contributed by atoms with van der Waals surface area (Å²) < 4.78 is 0. The molecule has 0 radical (unpaired) electrons. The van der Waals surface area contributed by atoms with Crippen LogP contribution in [0.5, 0.6) is 0 Å². The highest BCUT2D eigenvalue weighted by molar-refractivity contribution is 7.09. The fraction of sp³-hybridized carbons (Fsp3) is 0.750. The first-order valence-electron chi connectivity index (χ1n) is 5.85. The summed E-state index contributed by atoms with van der Waals surface area (Å²) in [4.78, 5) is 4.49. The molecule has 1 aliphatic rings. The molecule has 2 unspecified atom stereocenters. The van der Waals surface area contributed by atoms with Crippen LogP contribution in [0.2, 0.25) is 0 Å². The molecule has 15 heavy (non-hydrogen) atoms. The monoisotopic (exact) mass is 224 g/mol. The van der Waals surface area contributed by atoms with Gasteiger partial charge in [-0.25, -0.2) is 4.98 Å². The Bertz CT molecular complexity index is 303. The van der Waals surface area contributed by atoms with Crippen molar-refractivity contribution in [2.75, 3.05) is 7.05 Å². The van der Waals surface area contributed by atoms with Gasteiger partial charge in [-0.2, -0.15) is 0 Å². The minimum Gasteiger partial charge on any atom is -0.316 e. The third-order valence-corrected chi connectivity index (χ3v) is 5.16. The molecule has 3 heteroatoms. The number of nitrogens with one attached hydrogen (secondary N) is 1. The molecule has 84 valence electrons. The second kappa shape index (κ2) is 4.22. The van der Waals surface area contributed by atoms with E-state index in [0.717, 1.165) is 0 Å². The fourth-order valence-electron chi connectivity index (χ4n) is 3.18. The lowest BCUT2D eigenvalue weighted by atomic mass is 9.54. The van der Waals surface area contributed by atoms with Gasteiger partial charge in [0.05, 0.1) is 5.01 Å². The molecule has 1 N–H and O–H groups in total. The van der Waals surface area contributed by atoms with Gasteiger partial charge in [0.1, 0.15) is 0 Å². The maximum Gasteiger partial charge on any atom is 0.0962 e. The van der Waals surface area contributed by atoms with Gasteiger partial charge in [0.15, 0.2) is 0 Å². The van der Waals surface area contributed by atoms with Crippen molar-refractivity contribution in [3.05, 3.63) is 16.6 Å². The van der Waals surface area contributed by atoms with Gasteiger partial charge in [0.25, 0.3) is 0 Å². The van der Waals surface area contributed by atoms with Crippen molar-refractivity contribution >= 4 is 11.3 Å². The van der Waals surface area contributed by atoms with Gasteiger partial charge in [-0.05, 0) is 31.7 Å². The van der Waals surface area contributed by atoms with Crippen molar-refractivity contribution in [1.82, 2.24) is 10.3 Å². The topological polar surface area (TPSA) is 24.9 Å². The van der Waals surface area contributed by atoms with Crippen LogP contribution in [0.4, 0.5) is 0 Å². The van der Waals surface area contributed by atoms with Gasteiger partial charge in [-0.15, -0.1) is 11.3 Å². The quantitative estimate of drug-likeness (QED) is 0.850. The standard InChI is InChI=1S/C12H20N2S/c1-4-12(5-2)9(8-10(12)13-3)11-14-6-7-15-11/h6-7,9-10,13H,4-5,8H2,1-3H3. The average molecular weight is 224 g/mol. The summed E-state index contributed by atoms with van der Waals surface area (Å²) in [5, 5.41) is 6.90. The summed E-state index contributed by atoms with van der Waals surface area (Å²) in [7, 11) is 2.09. The van der Waals surface area contributed by atoms with E-state index in [1.165, 1.54) is 24.3 Å². The molecule has 1 aromatic rings. The number of hydrogen-bond donors (Lipinski definition) is 1. The Labute approximate surface area is 96.1 Å². The van der Waals surface area contributed by atoms with Gasteiger partial charge in [0, 0.05) is 23.5 Å². The van der Waals surface area contributed by atoms with Crippen molar-refractivity contribution in [2.24, 2.45) is 5.41 Å². The predicted molar refractivity (Wildman–Crippen MR) is 65.3 cm³/mol. The second-order valence-electron chi connectivity index (χ2n) is 4.44. The van der Waals surface area contributed by atoms with Crippen molar-refractivity contribution < 1.29 is 0 Å². The largest absolute Gasteiger partial charge is 0.316 e. The van der Waals surface area contributed by atoms with Crippen LogP contribution in [-0.4, -0.2) is 18.1 Å². The first-order valence-corrected chi connectivity index (χ1v) is 6.73. The summed E-state index contributed by atoms with van der Waals surface area (Å²) in [6.45, 7) is 4.63. The summed E-state index contributed by atoms with van der Waals surface area (Å²) in [5.74, 6) is 0.685. The van der Waals surface area contributed by atoms with Crippen molar-refractivity contribution in [3.8, 4) is 0 Å². The van der Waals surface area contributed by atoms with Crippen LogP contribution >= 0.6 is 11.3 Å². The Kier molecular flexibility index (Phi) is 3.12. The zero-order valence-corrected chi connectivity index (χ0v) is 10.6. The van der Waals surface area contributed by atoms with E-state index in [9.17, 15) is 0 Å². The third kappa shape index (κ3) is 1.53. The van der Waals surface area contributed by atoms with Crippen LogP contribution in [0.15, 0.2) is 11.6 Å². The van der Waals surface area contributed by atoms with Gasteiger partial charge in [0.2, 0.25) is 0 Å². The Morgan fingerprint density at radius 3 is 2.73 bits per heavy atom. The van der Waals surface area contributed by atoms with E-state index in [2.05, 4.69) is 36.6 Å². The maximum atomic E-state index is 4.49. The molecule has 0 amide bonds. The highest BCUT2D eigenvalue weighted by atomic mass is 32.1. The summed E-state index contributed by atoms with van der Waals surface area (Å²) in [5.41, 5.74) is 0.451. The van der Waals surface area contributed by atoms with Crippen LogP contribution in [-0.2, 0) is 0 Å². The second-order valence-corrected chi connectivity index (χ2v) is 5.37. The number of nitrogens with zero attached hydrogens (tertiary/aromatic N) is 1. The van der Waals surface area contributed by atoms with Crippen LogP contribution in [0.1, 0.15) is 44.0 Å². The normalized spacial score (nSPS) is 28.7. The van der Waals surface area contributed by atoms with Crippen molar-refractivity contribution in [1.29, 1.82) is 0 Å². The molecule has 0 aliphatic heterocycles. The zero-order chi connectivity index (χ0) is 10.9. The lowest BCUT2D eigenvalue weighted by Crippen LogP contribution is -2.57. The van der Waals surface area contributed by atoms with Gasteiger partial charge in [-0.1, -0.05) is 13.8 Å². The molecule has 1 aliphatic carbocycles. The fourth-order valence-corrected chi connectivity index (χ4v) is 4.06. The zero-order valence-electron chi connectivity index (χ0n) is 9.79. The first-order chi connectivity index (χ1) is 7.28. The molecule has 1 heterocycles. The van der Waals surface area contributed by atoms with Crippen LogP contribution < -0.4 is 5.32 Å². The third-order valence-electron chi connectivity index (χ3n) is 4.27. The van der Waals surface area contributed by atoms with Crippen molar-refractivity contribution in [2.45, 2.75) is 45.1 Å². The summed E-state index contributed by atoms with van der Waals surface area (Å²) >= 11 is 1.81. The number of hydrogen-bond acceptors (Lipinski definition) is 3. The van der Waals surface area contributed by atoms with Crippen molar-refractivity contribution in [3.63, 3.8) is 0 Å². The van der Waals surface area contributed by atoms with Crippen LogP contribution in [0, 0.1) is 5.41 Å². The van der Waals surface area contributed by atoms with E-state index < -0.39 is 0 Å². The lowest BCUT2D eigenvalue weighted by Gasteiger charge is -2.55. The molecule has 1 fully saturated rings. The lowest BCUT2D eigenvalue weighted by molar-refractivity contribution is 0.0244. The maximum absolute atomic E-state index is 4.49. The molecular weight excluding hydrogens is 204 g/mol. The molecule has 0 bridgehead atoms. The summed E-state index contributed by atoms with van der Waals surface area (Å²) in [6.07, 6.45) is 5.69.